The molecule has 1 heterocycles. The van der Waals surface area contributed by atoms with Crippen LogP contribution in [0.3, 0.4) is 0 Å². The van der Waals surface area contributed by atoms with E-state index in [4.69, 9.17) is 13.0 Å². The smallest absolute Gasteiger partial charge is 0.485 e. The highest BCUT2D eigenvalue weighted by molar-refractivity contribution is 7.86. The quantitative estimate of drug-likeness (QED) is 0.325. The Morgan fingerprint density at radius 2 is 1.70 bits per heavy atom. The molecule has 23 heavy (non-hydrogen) atoms. The van der Waals surface area contributed by atoms with Crippen molar-refractivity contribution in [3.8, 4) is 0 Å². The third-order valence-corrected chi connectivity index (χ3v) is 3.61. The Balaban J connectivity index is 0.000000515. The summed E-state index contributed by atoms with van der Waals surface area (Å²) in [6.07, 6.45) is 12.3. The van der Waals surface area contributed by atoms with Crippen molar-refractivity contribution in [3.63, 3.8) is 0 Å². The SMILES string of the molecule is CCCCC[n+]1cccc(CCCC)c1.O=S(=O)([O-])C(F)(F)F. The molecule has 4 nitrogen and oxygen atoms in total. The van der Waals surface area contributed by atoms with Crippen molar-refractivity contribution in [2.75, 3.05) is 0 Å². The second kappa shape index (κ2) is 10.6. The maximum absolute atomic E-state index is 10.7. The summed E-state index contributed by atoms with van der Waals surface area (Å²) in [6, 6.07) is 4.42. The number of hydrogen-bond donors (Lipinski definition) is 0. The summed E-state index contributed by atoms with van der Waals surface area (Å²) in [7, 11) is -6.09. The molecule has 0 spiro atoms. The molecular formula is C15H24F3NO3S. The number of aromatic nitrogens is 1. The van der Waals surface area contributed by atoms with E-state index in [-0.39, 0.29) is 0 Å². The lowest BCUT2D eigenvalue weighted by Crippen LogP contribution is -2.33. The Kier molecular flexibility index (Phi) is 10.1. The van der Waals surface area contributed by atoms with Crippen LogP contribution < -0.4 is 4.57 Å². The van der Waals surface area contributed by atoms with Crippen LogP contribution >= 0.6 is 0 Å². The van der Waals surface area contributed by atoms with Crippen LogP contribution in [0.15, 0.2) is 24.5 Å². The zero-order chi connectivity index (χ0) is 17.9. The molecule has 0 aliphatic rings. The van der Waals surface area contributed by atoms with Gasteiger partial charge in [-0.05, 0) is 25.3 Å². The fraction of sp³-hybridized carbons (Fsp3) is 0.667. The van der Waals surface area contributed by atoms with E-state index in [9.17, 15) is 13.2 Å². The molecule has 134 valence electrons. The van der Waals surface area contributed by atoms with Gasteiger partial charge >= 0.3 is 5.51 Å². The molecule has 0 N–H and O–H groups in total. The zero-order valence-corrected chi connectivity index (χ0v) is 14.3. The first-order valence-corrected chi connectivity index (χ1v) is 9.02. The normalized spacial score (nSPS) is 11.7. The molecule has 1 rings (SSSR count). The van der Waals surface area contributed by atoms with Crippen LogP contribution in [-0.2, 0) is 23.1 Å². The average molecular weight is 355 g/mol. The topological polar surface area (TPSA) is 61.1 Å². The predicted octanol–water partition coefficient (Wildman–Crippen LogP) is 3.56. The lowest BCUT2D eigenvalue weighted by Gasteiger charge is -2.08. The average Bonchev–Trinajstić information content (AvgIpc) is 2.44. The highest BCUT2D eigenvalue weighted by Gasteiger charge is 2.36. The van der Waals surface area contributed by atoms with Crippen LogP contribution in [-0.4, -0.2) is 18.5 Å². The van der Waals surface area contributed by atoms with Gasteiger partial charge in [0, 0.05) is 18.1 Å². The van der Waals surface area contributed by atoms with Crippen molar-refractivity contribution in [1.82, 2.24) is 0 Å². The largest absolute Gasteiger partial charge is 0.741 e. The molecule has 0 bridgehead atoms. The maximum atomic E-state index is 10.7. The van der Waals surface area contributed by atoms with Crippen LogP contribution in [0.4, 0.5) is 13.2 Å². The van der Waals surface area contributed by atoms with E-state index in [1.54, 1.807) is 0 Å². The van der Waals surface area contributed by atoms with E-state index < -0.39 is 15.6 Å². The molecule has 0 unspecified atom stereocenters. The van der Waals surface area contributed by atoms with E-state index in [0.29, 0.717) is 0 Å². The molecule has 0 aliphatic heterocycles. The van der Waals surface area contributed by atoms with E-state index in [2.05, 4.69) is 42.9 Å². The maximum Gasteiger partial charge on any atom is 0.485 e. The Morgan fingerprint density at radius 3 is 2.17 bits per heavy atom. The number of halogens is 3. The monoisotopic (exact) mass is 355 g/mol. The van der Waals surface area contributed by atoms with Gasteiger partial charge in [-0.3, -0.25) is 0 Å². The summed E-state index contributed by atoms with van der Waals surface area (Å²) in [5.74, 6) is 0. The second-order valence-electron chi connectivity index (χ2n) is 5.16. The number of alkyl halides is 3. The predicted molar refractivity (Wildman–Crippen MR) is 80.5 cm³/mol. The van der Waals surface area contributed by atoms with Crippen molar-refractivity contribution in [3.05, 3.63) is 30.1 Å². The summed E-state index contributed by atoms with van der Waals surface area (Å²) >= 11 is 0. The fourth-order valence-corrected chi connectivity index (χ4v) is 1.79. The van der Waals surface area contributed by atoms with E-state index in [0.717, 1.165) is 0 Å². The van der Waals surface area contributed by atoms with Crippen molar-refractivity contribution in [1.29, 1.82) is 0 Å². The third-order valence-electron chi connectivity index (χ3n) is 3.04. The minimum atomic E-state index is -6.09. The minimum absolute atomic E-state index is 1.17. The number of pyridine rings is 1. The molecule has 0 saturated heterocycles. The summed E-state index contributed by atoms with van der Waals surface area (Å²) in [5.41, 5.74) is -4.16. The van der Waals surface area contributed by atoms with E-state index in [1.807, 2.05) is 0 Å². The molecule has 8 heteroatoms. The Bertz CT molecular complexity index is 545. The molecule has 0 atom stereocenters. The van der Waals surface area contributed by atoms with Gasteiger partial charge in [0.1, 0.15) is 6.54 Å². The van der Waals surface area contributed by atoms with Crippen LogP contribution in [0.1, 0.15) is 51.5 Å². The molecule has 0 aliphatic carbocycles. The summed E-state index contributed by atoms with van der Waals surface area (Å²) < 4.78 is 61.2. The lowest BCUT2D eigenvalue weighted by atomic mass is 10.1. The Labute approximate surface area is 136 Å². The summed E-state index contributed by atoms with van der Waals surface area (Å²) in [5, 5.41) is 0. The van der Waals surface area contributed by atoms with Crippen molar-refractivity contribution in [2.24, 2.45) is 0 Å². The van der Waals surface area contributed by atoms with Gasteiger partial charge < -0.3 is 4.55 Å². The number of aryl methyl sites for hydroxylation is 2. The molecular weight excluding hydrogens is 331 g/mol. The molecule has 0 saturated carbocycles. The fourth-order valence-electron chi connectivity index (χ4n) is 1.79. The van der Waals surface area contributed by atoms with Crippen LogP contribution in [0.25, 0.3) is 0 Å². The minimum Gasteiger partial charge on any atom is -0.741 e. The number of hydrogen-bond acceptors (Lipinski definition) is 3. The number of nitrogens with zero attached hydrogens (tertiary/aromatic N) is 1. The molecule has 1 aromatic heterocycles. The van der Waals surface area contributed by atoms with E-state index in [1.165, 1.54) is 50.6 Å². The van der Waals surface area contributed by atoms with Gasteiger partial charge in [0.05, 0.1) is 0 Å². The summed E-state index contributed by atoms with van der Waals surface area (Å²) in [4.78, 5) is 0. The van der Waals surface area contributed by atoms with Gasteiger partial charge in [-0.25, -0.2) is 13.0 Å². The van der Waals surface area contributed by atoms with Gasteiger partial charge in [0.15, 0.2) is 22.5 Å². The van der Waals surface area contributed by atoms with Gasteiger partial charge in [-0.2, -0.15) is 13.2 Å². The Morgan fingerprint density at radius 1 is 1.13 bits per heavy atom. The molecule has 0 amide bonds. The van der Waals surface area contributed by atoms with Gasteiger partial charge in [0.25, 0.3) is 0 Å². The zero-order valence-electron chi connectivity index (χ0n) is 13.5. The van der Waals surface area contributed by atoms with Gasteiger partial charge in [-0.15, -0.1) is 0 Å². The first-order valence-electron chi connectivity index (χ1n) is 7.62. The first kappa shape index (κ1) is 21.9. The molecule has 1 aromatic rings. The standard InChI is InChI=1S/C14H24N.CHF3O3S/c1-3-5-7-11-15-12-8-10-14(13-15)9-6-4-2;2-1(3,4)8(5,6)7/h8,10,12-13H,3-7,9,11H2,1-2H3;(H,5,6,7)/q+1;/p-1. The molecule has 0 fully saturated rings. The lowest BCUT2D eigenvalue weighted by molar-refractivity contribution is -0.697. The van der Waals surface area contributed by atoms with Crippen molar-refractivity contribution >= 4 is 10.1 Å². The van der Waals surface area contributed by atoms with E-state index >= 15 is 0 Å². The second-order valence-corrected chi connectivity index (χ2v) is 6.53. The van der Waals surface area contributed by atoms with Crippen molar-refractivity contribution in [2.45, 2.75) is 64.4 Å². The third kappa shape index (κ3) is 10.3. The first-order chi connectivity index (χ1) is 10.6. The Hall–Kier alpha value is -1.15. The molecule has 0 aromatic carbocycles. The summed E-state index contributed by atoms with van der Waals surface area (Å²) in [6.45, 7) is 5.67. The van der Waals surface area contributed by atoms with Gasteiger partial charge in [-0.1, -0.05) is 26.7 Å². The van der Waals surface area contributed by atoms with Crippen LogP contribution in [0.2, 0.25) is 0 Å². The van der Waals surface area contributed by atoms with Crippen LogP contribution in [0.5, 0.6) is 0 Å². The number of rotatable bonds is 7. The van der Waals surface area contributed by atoms with Gasteiger partial charge in [0.2, 0.25) is 0 Å². The molecule has 0 radical (unpaired) electrons. The number of unbranched alkanes of at least 4 members (excludes halogenated alkanes) is 3. The van der Waals surface area contributed by atoms with Crippen LogP contribution in [0, 0.1) is 0 Å². The van der Waals surface area contributed by atoms with Crippen molar-refractivity contribution < 1.29 is 30.7 Å². The highest BCUT2D eigenvalue weighted by Crippen LogP contribution is 2.20. The highest BCUT2D eigenvalue weighted by atomic mass is 32.2.